The molecular formula is C19H18FN2O8PS. The number of hydrogen-bond donors (Lipinski definition) is 3. The van der Waals surface area contributed by atoms with Gasteiger partial charge >= 0.3 is 13.5 Å². The van der Waals surface area contributed by atoms with Gasteiger partial charge in [-0.2, -0.15) is 0 Å². The number of benzene rings is 1. The van der Waals surface area contributed by atoms with Gasteiger partial charge in [-0.25, -0.2) is 13.8 Å². The summed E-state index contributed by atoms with van der Waals surface area (Å²) in [6, 6.07) is 5.20. The SMILES string of the molecule is C#Cc1cn([C@@H]2O[C@](F)(COP3(=O)OCc4cccc(C)c4O3)[C@@H](O)[C@H]2O)c(=O)[nH]c1=S. The lowest BCUT2D eigenvalue weighted by Crippen LogP contribution is -2.43. The number of rotatable bonds is 4. The highest BCUT2D eigenvalue weighted by Gasteiger charge is 2.57. The molecule has 32 heavy (non-hydrogen) atoms. The van der Waals surface area contributed by atoms with Crippen molar-refractivity contribution in [2.24, 2.45) is 0 Å². The first-order chi connectivity index (χ1) is 15.1. The number of fused-ring (bicyclic) bond motifs is 1. The first kappa shape index (κ1) is 22.8. The predicted octanol–water partition coefficient (Wildman–Crippen LogP) is 1.85. The molecule has 2 aliphatic rings. The maximum atomic E-state index is 15.4. The molecule has 13 heteroatoms. The zero-order chi connectivity index (χ0) is 23.3. The molecule has 4 rings (SSSR count). The van der Waals surface area contributed by atoms with Crippen molar-refractivity contribution in [2.75, 3.05) is 6.61 Å². The van der Waals surface area contributed by atoms with E-state index in [1.165, 1.54) is 0 Å². The fourth-order valence-electron chi connectivity index (χ4n) is 3.34. The summed E-state index contributed by atoms with van der Waals surface area (Å²) in [5, 5.41) is 20.6. The average Bonchev–Trinajstić information content (AvgIpc) is 2.98. The van der Waals surface area contributed by atoms with Gasteiger partial charge in [-0.3, -0.25) is 18.6 Å². The van der Waals surface area contributed by atoms with Crippen LogP contribution in [0.5, 0.6) is 5.75 Å². The minimum absolute atomic E-state index is 0.0307. The Kier molecular flexibility index (Phi) is 5.85. The van der Waals surface area contributed by atoms with Crippen molar-refractivity contribution in [2.45, 2.75) is 37.8 Å². The molecule has 0 bridgehead atoms. The standard InChI is InChI=1S/C19H18FN2O8PS/c1-3-11-7-22(18(25)21-16(11)32)17-13(23)15(24)19(20,29-17)9-28-31(26)27-8-12-6-4-5-10(2)14(12)30-31/h1,4-7,13,15,17,23-24H,8-9H2,2H3,(H,21,25,32)/t13-,15+,17-,19-,31?/m1/s1. The van der Waals surface area contributed by atoms with Gasteiger partial charge in [0, 0.05) is 11.8 Å². The second-order valence-corrected chi connectivity index (χ2v) is 9.23. The average molecular weight is 484 g/mol. The van der Waals surface area contributed by atoms with Crippen LogP contribution in [0.1, 0.15) is 22.9 Å². The third-order valence-electron chi connectivity index (χ3n) is 5.07. The molecular weight excluding hydrogens is 466 g/mol. The van der Waals surface area contributed by atoms with E-state index in [1.54, 1.807) is 25.1 Å². The van der Waals surface area contributed by atoms with Gasteiger partial charge < -0.3 is 19.5 Å². The zero-order valence-electron chi connectivity index (χ0n) is 16.6. The van der Waals surface area contributed by atoms with Crippen LogP contribution in [0.4, 0.5) is 4.39 Å². The van der Waals surface area contributed by atoms with E-state index < -0.39 is 44.4 Å². The van der Waals surface area contributed by atoms with Crippen molar-refractivity contribution in [1.29, 1.82) is 0 Å². The van der Waals surface area contributed by atoms with Gasteiger partial charge in [0.15, 0.2) is 6.23 Å². The molecule has 1 saturated heterocycles. The Morgan fingerprint density at radius 1 is 1.50 bits per heavy atom. The third kappa shape index (κ3) is 3.93. The molecule has 1 aromatic carbocycles. The summed E-state index contributed by atoms with van der Waals surface area (Å²) in [4.78, 5) is 14.5. The van der Waals surface area contributed by atoms with Gasteiger partial charge in [0.2, 0.25) is 0 Å². The van der Waals surface area contributed by atoms with E-state index in [-0.39, 0.29) is 22.6 Å². The number of terminal acetylenes is 1. The van der Waals surface area contributed by atoms with E-state index in [2.05, 4.69) is 10.9 Å². The predicted molar refractivity (Wildman–Crippen MR) is 110 cm³/mol. The molecule has 0 aliphatic carbocycles. The van der Waals surface area contributed by atoms with Crippen molar-refractivity contribution < 1.29 is 37.5 Å². The van der Waals surface area contributed by atoms with Crippen LogP contribution < -0.4 is 10.2 Å². The Hall–Kier alpha value is -2.36. The second-order valence-electron chi connectivity index (χ2n) is 7.23. The van der Waals surface area contributed by atoms with Gasteiger partial charge in [-0.05, 0) is 12.5 Å². The van der Waals surface area contributed by atoms with Crippen molar-refractivity contribution in [3.8, 4) is 18.1 Å². The van der Waals surface area contributed by atoms with E-state index in [1.807, 2.05) is 0 Å². The lowest BCUT2D eigenvalue weighted by atomic mass is 10.1. The topological polar surface area (TPSA) is 132 Å². The first-order valence-electron chi connectivity index (χ1n) is 9.29. The number of aliphatic hydroxyl groups excluding tert-OH is 2. The fourth-order valence-corrected chi connectivity index (χ4v) is 4.84. The number of alkyl halides is 1. The highest BCUT2D eigenvalue weighted by atomic mass is 32.1. The summed E-state index contributed by atoms with van der Waals surface area (Å²) in [6.45, 7) is 0.499. The van der Waals surface area contributed by atoms with E-state index in [4.69, 9.17) is 36.9 Å². The molecule has 0 radical (unpaired) electrons. The molecule has 3 heterocycles. The Balaban J connectivity index is 1.55. The Bertz CT molecular complexity index is 1270. The number of nitrogens with zero attached hydrogens (tertiary/aromatic N) is 1. The number of halogens is 1. The lowest BCUT2D eigenvalue weighted by molar-refractivity contribution is -0.205. The van der Waals surface area contributed by atoms with Gasteiger partial charge in [-0.15, -0.1) is 6.42 Å². The van der Waals surface area contributed by atoms with Crippen molar-refractivity contribution in [3.05, 3.63) is 56.2 Å². The van der Waals surface area contributed by atoms with Crippen LogP contribution in [0, 0.1) is 23.9 Å². The molecule has 0 spiro atoms. The monoisotopic (exact) mass is 484 g/mol. The molecule has 1 unspecified atom stereocenters. The van der Waals surface area contributed by atoms with Crippen molar-refractivity contribution in [1.82, 2.24) is 9.55 Å². The van der Waals surface area contributed by atoms with Gasteiger partial charge in [0.05, 0.1) is 12.2 Å². The Morgan fingerprint density at radius 2 is 2.25 bits per heavy atom. The summed E-state index contributed by atoms with van der Waals surface area (Å²) in [7, 11) is -4.26. The summed E-state index contributed by atoms with van der Waals surface area (Å²) < 4.78 is 49.6. The molecule has 1 fully saturated rings. The number of hydrogen-bond acceptors (Lipinski definition) is 9. The van der Waals surface area contributed by atoms with E-state index in [0.29, 0.717) is 11.1 Å². The first-order valence-corrected chi connectivity index (χ1v) is 11.2. The minimum Gasteiger partial charge on any atom is -0.403 e. The van der Waals surface area contributed by atoms with Crippen LogP contribution in [-0.4, -0.2) is 44.4 Å². The van der Waals surface area contributed by atoms with Crippen LogP contribution in [-0.2, 0) is 25.0 Å². The van der Waals surface area contributed by atoms with E-state index >= 15 is 4.39 Å². The number of phosphoric ester groups is 1. The number of phosphoric acid groups is 1. The number of nitrogens with one attached hydrogen (secondary N) is 1. The highest BCUT2D eigenvalue weighted by molar-refractivity contribution is 7.71. The molecule has 10 nitrogen and oxygen atoms in total. The quantitative estimate of drug-likeness (QED) is 0.338. The Labute approximate surface area is 186 Å². The van der Waals surface area contributed by atoms with Crippen molar-refractivity contribution >= 4 is 20.0 Å². The smallest absolute Gasteiger partial charge is 0.403 e. The number of aromatic amines is 1. The van der Waals surface area contributed by atoms with Gasteiger partial charge in [0.1, 0.15) is 29.2 Å². The lowest BCUT2D eigenvalue weighted by Gasteiger charge is -2.29. The summed E-state index contributed by atoms with van der Waals surface area (Å²) in [5.41, 5.74) is 0.532. The van der Waals surface area contributed by atoms with Crippen LogP contribution in [0.2, 0.25) is 0 Å². The molecule has 3 N–H and O–H groups in total. The summed E-state index contributed by atoms with van der Waals surface area (Å²) in [6.07, 6.45) is 0.664. The van der Waals surface area contributed by atoms with Crippen LogP contribution in [0.25, 0.3) is 0 Å². The highest BCUT2D eigenvalue weighted by Crippen LogP contribution is 2.56. The maximum Gasteiger partial charge on any atom is 0.530 e. The zero-order valence-corrected chi connectivity index (χ0v) is 18.3. The molecule has 1 aromatic heterocycles. The number of aliphatic hydroxyl groups is 2. The maximum absolute atomic E-state index is 15.4. The molecule has 0 amide bonds. The van der Waals surface area contributed by atoms with Crippen molar-refractivity contribution in [3.63, 3.8) is 0 Å². The van der Waals surface area contributed by atoms with Gasteiger partial charge in [0.25, 0.3) is 5.85 Å². The number of aromatic nitrogens is 2. The van der Waals surface area contributed by atoms with Crippen LogP contribution in [0.3, 0.4) is 0 Å². The third-order valence-corrected chi connectivity index (χ3v) is 6.68. The number of para-hydroxylation sites is 1. The molecule has 2 aromatic rings. The van der Waals surface area contributed by atoms with E-state index in [9.17, 15) is 19.6 Å². The molecule has 0 saturated carbocycles. The fraction of sp³-hybridized carbons (Fsp3) is 0.368. The van der Waals surface area contributed by atoms with Gasteiger partial charge in [-0.1, -0.05) is 36.3 Å². The normalized spacial score (nSPS) is 31.5. The second kappa shape index (κ2) is 8.20. The largest absolute Gasteiger partial charge is 0.530 e. The number of H-pyrrole nitrogens is 1. The van der Waals surface area contributed by atoms with E-state index in [0.717, 1.165) is 10.8 Å². The Morgan fingerprint density at radius 3 is 2.97 bits per heavy atom. The van der Waals surface area contributed by atoms with Crippen LogP contribution in [0.15, 0.2) is 29.2 Å². The molecule has 2 aliphatic heterocycles. The molecule has 170 valence electrons. The summed E-state index contributed by atoms with van der Waals surface area (Å²) in [5.74, 6) is -0.531. The number of aryl methyl sites for hydroxylation is 1. The minimum atomic E-state index is -4.26. The molecule has 5 atom stereocenters. The number of ether oxygens (including phenoxy) is 1. The van der Waals surface area contributed by atoms with Crippen LogP contribution >= 0.6 is 20.0 Å². The summed E-state index contributed by atoms with van der Waals surface area (Å²) >= 11 is 4.92.